The topological polar surface area (TPSA) is 72.5 Å². The Hall–Kier alpha value is -0.830. The monoisotopic (exact) mass is 360 g/mol. The molecule has 1 rings (SSSR count). The van der Waals surface area contributed by atoms with Crippen molar-refractivity contribution in [2.45, 2.75) is 58.2 Å². The highest BCUT2D eigenvalue weighted by Gasteiger charge is 2.43. The largest absolute Gasteiger partial charge is 0.359 e. The van der Waals surface area contributed by atoms with Crippen molar-refractivity contribution in [3.05, 3.63) is 12.2 Å². The molecule has 0 radical (unpaired) electrons. The van der Waals surface area contributed by atoms with Crippen molar-refractivity contribution in [1.82, 2.24) is 0 Å². The van der Waals surface area contributed by atoms with E-state index in [1.807, 2.05) is 33.8 Å². The average molecular weight is 360 g/mol. The van der Waals surface area contributed by atoms with E-state index in [-0.39, 0.29) is 31.2 Å². The summed E-state index contributed by atoms with van der Waals surface area (Å²) in [5.41, 5.74) is -0.275. The van der Waals surface area contributed by atoms with Crippen LogP contribution in [0.15, 0.2) is 12.2 Å². The van der Waals surface area contributed by atoms with Gasteiger partial charge in [-0.1, -0.05) is 19.9 Å². The van der Waals surface area contributed by atoms with Gasteiger partial charge >= 0.3 is 0 Å². The number of hydrogen-bond donors (Lipinski definition) is 0. The van der Waals surface area contributed by atoms with Crippen LogP contribution >= 0.6 is 0 Å². The Morgan fingerprint density at radius 1 is 1.20 bits per heavy atom. The molecule has 0 aromatic rings. The summed E-state index contributed by atoms with van der Waals surface area (Å²) < 4.78 is 33.5. The molecular weight excluding hydrogens is 328 g/mol. The fraction of sp³-hybridized carbons (Fsp3) is 0.833. The normalized spacial score (nSPS) is 23.0. The van der Waals surface area contributed by atoms with Gasteiger partial charge in [0.25, 0.3) is 0 Å². The lowest BCUT2D eigenvalue weighted by atomic mass is 9.84. The summed E-state index contributed by atoms with van der Waals surface area (Å²) in [6.07, 6.45) is 3.70. The van der Waals surface area contributed by atoms with Crippen molar-refractivity contribution in [1.29, 1.82) is 0 Å². The number of carbonyl (C=O) groups is 1. The first-order chi connectivity index (χ1) is 11.7. The second-order valence-electron chi connectivity index (χ2n) is 7.20. The molecule has 1 heterocycles. The number of allylic oxidation sites excluding steroid dienone is 2. The van der Waals surface area contributed by atoms with Gasteiger partial charge in [0.2, 0.25) is 0 Å². The van der Waals surface area contributed by atoms with E-state index in [2.05, 4.69) is 0 Å². The zero-order chi connectivity index (χ0) is 18.9. The van der Waals surface area contributed by atoms with Crippen LogP contribution in [0.5, 0.6) is 0 Å². The molecular formula is C18H32O7. The molecule has 0 bridgehead atoms. The molecule has 7 heteroatoms. The molecule has 0 aromatic carbocycles. The summed E-state index contributed by atoms with van der Waals surface area (Å²) in [4.78, 5) is 10.6. The highest BCUT2D eigenvalue weighted by molar-refractivity contribution is 5.64. The van der Waals surface area contributed by atoms with Crippen molar-refractivity contribution in [3.8, 4) is 0 Å². The number of methoxy groups -OCH3 is 2. The Balaban J connectivity index is 2.94. The van der Waals surface area contributed by atoms with Crippen molar-refractivity contribution in [3.63, 3.8) is 0 Å². The zero-order valence-electron chi connectivity index (χ0n) is 16.2. The van der Waals surface area contributed by atoms with Crippen LogP contribution in [-0.2, 0) is 33.2 Å². The van der Waals surface area contributed by atoms with Crippen LogP contribution in [0.3, 0.4) is 0 Å². The van der Waals surface area contributed by atoms with Gasteiger partial charge in [0.05, 0.1) is 12.7 Å². The molecule has 1 saturated heterocycles. The second-order valence-corrected chi connectivity index (χ2v) is 7.20. The Kier molecular flexibility index (Phi) is 9.20. The first-order valence-electron chi connectivity index (χ1n) is 8.40. The third-order valence-electron chi connectivity index (χ3n) is 3.89. The highest BCUT2D eigenvalue weighted by Crippen LogP contribution is 2.32. The molecule has 0 unspecified atom stereocenters. The lowest BCUT2D eigenvalue weighted by Crippen LogP contribution is -2.45. The SMILES string of the molecule is COCO[C@@H]([C@H](CC(C)(C)/C=C/C=O)OCOC)[C@H]1COC(C)(C)O1. The van der Waals surface area contributed by atoms with E-state index in [4.69, 9.17) is 28.4 Å². The third-order valence-corrected chi connectivity index (χ3v) is 3.89. The van der Waals surface area contributed by atoms with E-state index >= 15 is 0 Å². The summed E-state index contributed by atoms with van der Waals surface area (Å²) in [7, 11) is 3.13. The molecule has 1 aliphatic heterocycles. The average Bonchev–Trinajstić information content (AvgIpc) is 2.90. The molecule has 0 amide bonds. The van der Waals surface area contributed by atoms with Crippen LogP contribution in [0.2, 0.25) is 0 Å². The van der Waals surface area contributed by atoms with Gasteiger partial charge in [-0.25, -0.2) is 0 Å². The van der Waals surface area contributed by atoms with E-state index in [1.54, 1.807) is 14.2 Å². The number of ether oxygens (including phenoxy) is 6. The Labute approximate surface area is 150 Å². The van der Waals surface area contributed by atoms with Gasteiger partial charge in [0, 0.05) is 14.2 Å². The Bertz CT molecular complexity index is 420. The van der Waals surface area contributed by atoms with Crippen molar-refractivity contribution >= 4 is 6.29 Å². The van der Waals surface area contributed by atoms with E-state index in [1.165, 1.54) is 6.08 Å². The van der Waals surface area contributed by atoms with E-state index in [0.717, 1.165) is 6.29 Å². The number of carbonyl (C=O) groups excluding carboxylic acids is 1. The van der Waals surface area contributed by atoms with E-state index in [0.29, 0.717) is 13.0 Å². The molecule has 1 aliphatic rings. The van der Waals surface area contributed by atoms with Crippen molar-refractivity contribution in [2.24, 2.45) is 5.41 Å². The summed E-state index contributed by atoms with van der Waals surface area (Å²) >= 11 is 0. The standard InChI is InChI=1S/C18H32O7/c1-17(2,8-7-9-19)10-14(22-12-20-5)16(23-13-21-6)15-11-24-18(3,4)25-15/h7-9,14-16H,10-13H2,1-6H3/b8-7+/t14-,15+,16-/m0/s1. The van der Waals surface area contributed by atoms with Crippen molar-refractivity contribution < 1.29 is 33.2 Å². The van der Waals surface area contributed by atoms with Crippen LogP contribution in [-0.4, -0.2) is 64.8 Å². The molecule has 0 aromatic heterocycles. The number of aldehydes is 1. The summed E-state index contributed by atoms with van der Waals surface area (Å²) in [6, 6.07) is 0. The Morgan fingerprint density at radius 2 is 1.84 bits per heavy atom. The van der Waals surface area contributed by atoms with Gasteiger partial charge < -0.3 is 28.4 Å². The number of hydrogen-bond acceptors (Lipinski definition) is 7. The Morgan fingerprint density at radius 3 is 2.36 bits per heavy atom. The minimum Gasteiger partial charge on any atom is -0.359 e. The van der Waals surface area contributed by atoms with Gasteiger partial charge in [0.15, 0.2) is 5.79 Å². The van der Waals surface area contributed by atoms with Crippen molar-refractivity contribution in [2.75, 3.05) is 34.4 Å². The fourth-order valence-electron chi connectivity index (χ4n) is 2.79. The predicted octanol–water partition coefficient (Wildman–Crippen LogP) is 2.29. The molecule has 0 aliphatic carbocycles. The molecule has 0 N–H and O–H groups in total. The van der Waals surface area contributed by atoms with Gasteiger partial charge in [-0.05, 0) is 31.8 Å². The van der Waals surface area contributed by atoms with Crippen LogP contribution in [0.25, 0.3) is 0 Å². The number of rotatable bonds is 12. The predicted molar refractivity (Wildman–Crippen MR) is 92.0 cm³/mol. The van der Waals surface area contributed by atoms with Gasteiger partial charge in [-0.15, -0.1) is 0 Å². The van der Waals surface area contributed by atoms with Crippen LogP contribution in [0.4, 0.5) is 0 Å². The van der Waals surface area contributed by atoms with Crippen LogP contribution < -0.4 is 0 Å². The summed E-state index contributed by atoms with van der Waals surface area (Å²) in [5, 5.41) is 0. The maximum atomic E-state index is 10.6. The summed E-state index contributed by atoms with van der Waals surface area (Å²) in [5.74, 6) is -0.669. The highest BCUT2D eigenvalue weighted by atomic mass is 16.8. The third kappa shape index (κ3) is 7.94. The fourth-order valence-corrected chi connectivity index (χ4v) is 2.79. The van der Waals surface area contributed by atoms with E-state index < -0.39 is 11.9 Å². The maximum Gasteiger partial charge on any atom is 0.163 e. The second kappa shape index (κ2) is 10.4. The molecule has 0 spiro atoms. The van der Waals surface area contributed by atoms with Gasteiger partial charge in [0.1, 0.15) is 32.1 Å². The molecule has 7 nitrogen and oxygen atoms in total. The zero-order valence-corrected chi connectivity index (χ0v) is 16.2. The van der Waals surface area contributed by atoms with Gasteiger partial charge in [-0.3, -0.25) is 4.79 Å². The summed E-state index contributed by atoms with van der Waals surface area (Å²) in [6.45, 7) is 8.42. The molecule has 0 saturated carbocycles. The molecule has 1 fully saturated rings. The first kappa shape index (κ1) is 22.2. The minimum absolute atomic E-state index is 0.113. The van der Waals surface area contributed by atoms with Gasteiger partial charge in [-0.2, -0.15) is 0 Å². The smallest absolute Gasteiger partial charge is 0.163 e. The molecule has 25 heavy (non-hydrogen) atoms. The lowest BCUT2D eigenvalue weighted by Gasteiger charge is -2.34. The maximum absolute atomic E-state index is 10.6. The lowest BCUT2D eigenvalue weighted by molar-refractivity contribution is -0.209. The van der Waals surface area contributed by atoms with Crippen LogP contribution in [0, 0.1) is 5.41 Å². The first-order valence-corrected chi connectivity index (χ1v) is 8.40. The minimum atomic E-state index is -0.669. The molecule has 146 valence electrons. The van der Waals surface area contributed by atoms with E-state index in [9.17, 15) is 4.79 Å². The molecule has 3 atom stereocenters. The quantitative estimate of drug-likeness (QED) is 0.300. The van der Waals surface area contributed by atoms with Crippen LogP contribution in [0.1, 0.15) is 34.1 Å².